The number of hydrogen-bond donors (Lipinski definition) is 0. The molecule has 145 heavy (non-hydrogen) atoms. The van der Waals surface area contributed by atoms with Crippen LogP contribution in [0, 0.1) is 20.8 Å². The molecular weight excluding hydrogens is 1900 g/mol. The van der Waals surface area contributed by atoms with Gasteiger partial charge in [-0.15, -0.1) is 15.2 Å². The van der Waals surface area contributed by atoms with Crippen LogP contribution in [0.15, 0.2) is 232 Å². The molecule has 6 aromatic carbocycles. The lowest BCUT2D eigenvalue weighted by Gasteiger charge is -2.27. The maximum absolute atomic E-state index is 12.3. The largest absolute Gasteiger partial charge is 0.744 e. The van der Waals surface area contributed by atoms with Crippen molar-refractivity contribution in [3.8, 4) is 0 Å². The Morgan fingerprint density at radius 2 is 0.628 bits per heavy atom. The van der Waals surface area contributed by atoms with Crippen LogP contribution in [-0.4, -0.2) is 179 Å². The van der Waals surface area contributed by atoms with Crippen molar-refractivity contribution in [3.63, 3.8) is 0 Å². The van der Waals surface area contributed by atoms with Gasteiger partial charge in [-0.25, -0.2) is 39.6 Å². The number of allylic oxidation sites excluding steroid dienone is 18. The van der Waals surface area contributed by atoms with Crippen molar-refractivity contribution < 1.29 is 110 Å². The van der Waals surface area contributed by atoms with E-state index in [-0.39, 0.29) is 88.7 Å². The molecule has 33 heteroatoms. The second-order valence-electron chi connectivity index (χ2n) is 41.1. The Morgan fingerprint density at radius 3 is 1.02 bits per heavy atom. The third-order valence-electron chi connectivity index (χ3n) is 28.8. The molecule has 3 fully saturated rings. The number of carbonyl (C=O) groups is 9. The van der Waals surface area contributed by atoms with E-state index >= 15 is 0 Å². The third kappa shape index (κ3) is 23.6. The quantitative estimate of drug-likeness (QED) is 0.0119. The minimum Gasteiger partial charge on any atom is -0.744 e. The monoisotopic (exact) mass is 2030 g/mol. The van der Waals surface area contributed by atoms with Crippen LogP contribution < -0.4 is 14.7 Å². The number of hydrogen-bond acceptors (Lipinski definition) is 24. The number of likely N-dealkylation sites (N-methyl/N-ethyl adjacent to an activating group) is 1. The van der Waals surface area contributed by atoms with E-state index in [1.165, 1.54) is 104 Å². The summed E-state index contributed by atoms with van der Waals surface area (Å²) in [5.74, 6) is -4.90. The summed E-state index contributed by atoms with van der Waals surface area (Å²) in [4.78, 5) is 128. The Morgan fingerprint density at radius 1 is 0.338 bits per heavy atom. The van der Waals surface area contributed by atoms with Gasteiger partial charge in [0.25, 0.3) is 35.4 Å². The van der Waals surface area contributed by atoms with Crippen molar-refractivity contribution in [2.75, 3.05) is 55.0 Å². The van der Waals surface area contributed by atoms with Gasteiger partial charge in [0.05, 0.1) is 30.9 Å². The van der Waals surface area contributed by atoms with Gasteiger partial charge in [0.2, 0.25) is 17.1 Å². The van der Waals surface area contributed by atoms with Crippen LogP contribution in [0.25, 0.3) is 0 Å². The van der Waals surface area contributed by atoms with Crippen molar-refractivity contribution in [1.29, 1.82) is 0 Å². The van der Waals surface area contributed by atoms with Crippen LogP contribution in [0.5, 0.6) is 0 Å². The van der Waals surface area contributed by atoms with E-state index in [9.17, 15) is 82.1 Å². The van der Waals surface area contributed by atoms with Crippen LogP contribution >= 0.6 is 0 Å². The predicted molar refractivity (Wildman–Crippen MR) is 550 cm³/mol. The van der Waals surface area contributed by atoms with Crippen molar-refractivity contribution in [1.82, 2.24) is 15.2 Å². The van der Waals surface area contributed by atoms with Gasteiger partial charge in [-0.2, -0.15) is 13.7 Å². The summed E-state index contributed by atoms with van der Waals surface area (Å²) in [6, 6.07) is 33.2. The fourth-order valence-corrected chi connectivity index (χ4v) is 22.3. The molecule has 768 valence electrons. The average Bonchev–Trinajstić information content (AvgIpc) is 1.58. The van der Waals surface area contributed by atoms with Crippen LogP contribution in [0.2, 0.25) is 0 Å². The van der Waals surface area contributed by atoms with E-state index in [1.54, 1.807) is 18.2 Å². The van der Waals surface area contributed by atoms with Crippen molar-refractivity contribution in [3.05, 3.63) is 267 Å². The number of imide groups is 3. The molecule has 9 aliphatic rings. The highest BCUT2D eigenvalue weighted by molar-refractivity contribution is 7.86. The zero-order valence-electron chi connectivity index (χ0n) is 85.9. The van der Waals surface area contributed by atoms with Gasteiger partial charge in [0, 0.05) is 187 Å². The number of aryl methyl sites for hydroxylation is 3. The van der Waals surface area contributed by atoms with Crippen LogP contribution in [-0.2, 0) is 121 Å². The molecule has 0 atom stereocenters. The molecule has 9 heterocycles. The molecule has 0 aliphatic carbocycles. The number of benzene rings is 6. The highest BCUT2D eigenvalue weighted by Gasteiger charge is 2.49. The molecule has 30 nitrogen and oxygen atoms in total. The summed E-state index contributed by atoms with van der Waals surface area (Å²) >= 11 is 0. The van der Waals surface area contributed by atoms with Gasteiger partial charge < -0.3 is 42.9 Å². The molecule has 0 N–H and O–H groups in total. The maximum atomic E-state index is 12.3. The van der Waals surface area contributed by atoms with Gasteiger partial charge in [-0.1, -0.05) is 150 Å². The second kappa shape index (κ2) is 43.7. The molecule has 0 aromatic heterocycles. The van der Waals surface area contributed by atoms with Crippen LogP contribution in [0.3, 0.4) is 0 Å². The Labute approximate surface area is 851 Å². The molecule has 15 rings (SSSR count). The first-order valence-corrected chi connectivity index (χ1v) is 53.6. The molecule has 0 spiro atoms. The number of fused-ring (bicyclic) bond motifs is 6. The topological polar surface area (TPSA) is 381 Å². The molecule has 6 amide bonds. The number of nitrogens with zero attached hydrogens (tertiary/aromatic N) is 9. The summed E-state index contributed by atoms with van der Waals surface area (Å²) < 4.78 is 114. The van der Waals surface area contributed by atoms with E-state index in [2.05, 4.69) is 197 Å². The predicted octanol–water partition coefficient (Wildman–Crippen LogP) is 18.0. The lowest BCUT2D eigenvalue weighted by atomic mass is 9.81. The van der Waals surface area contributed by atoms with E-state index in [0.717, 1.165) is 57.4 Å². The van der Waals surface area contributed by atoms with Gasteiger partial charge in [0.1, 0.15) is 51.0 Å². The first-order valence-electron chi connectivity index (χ1n) is 49.3. The molecule has 0 radical (unpaired) electrons. The lowest BCUT2D eigenvalue weighted by molar-refractivity contribution is -0.438. The SMILES string of the molecule is CCN1C(=CC=CC2=[N+](CCCCCC(=O)ON3C(=O)CCC3=O)c3ccc(S(=O)(=O)[O-])cc3C2(C)C)C(C)(C)c2cc(C)ccc21.Cc1ccc2c(c1)C(C)(C)C(/C=C/C=C/C=C/C=C1/N(CCCCCC(=O)ON3C(=O)CCC3=O)c3ccc(S(=O)(=O)[O-])cc3C1(C)C)=[N+]2C.Cc1ccc2c(c1)C(C)(C)C(/C=C/C=C/C=C1/N(CCCCCC(=O)ON3C(=O)CCC3=O)c3ccc(S(=O)(=O)[O-])cc3C1(C)C)=[N+]2C. The standard InChI is InChI=1S/C39H45N3O7S.C37H43N3O7S.C36H43N3O7S/c1-27-18-20-31-29(25-27)38(2,3)33(40(31)6)15-11-8-7-9-12-16-34-39(4,5)30-26-28(50(46,47)48)19-21-32(30)41(34)24-14-10-13-17-37(45)49-42-35(43)22-23-36(42)44;1-25-16-18-29-27(23-25)36(2,3)31(38(29)6)13-9-7-10-14-32-37(4,5)28-24-26(48(44,45)46)17-19-30(28)39(32)22-12-8-11-15-35(43)47-40-33(41)20-21-34(40)42;1-7-37-28-17-15-24(2)22-26(28)35(3,4)30(37)12-11-13-31-36(5,6)27-23-25(47(43,44)45)16-18-29(27)38(31)21-10-8-9-14-34(42)46-39-32(40)19-20-33(39)41/h7-9,11-12,15-16,18-21,25-26H,10,13-14,17,22-24H2,1-6H3;7,9-10,13-14,16-19,23-24H,8,11-12,15,20-22H2,1-6H3;11-13,15-18,22-23H,7-10,14,19-21H2,1-6H3. The van der Waals surface area contributed by atoms with E-state index in [1.807, 2.05) is 102 Å². The van der Waals surface area contributed by atoms with Gasteiger partial charge in [-0.3, -0.25) is 28.8 Å². The second-order valence-corrected chi connectivity index (χ2v) is 45.3. The highest BCUT2D eigenvalue weighted by atomic mass is 32.2. The minimum absolute atomic E-state index is 0.0473. The molecule has 0 unspecified atom stereocenters. The Balaban J connectivity index is 0.000000182. The van der Waals surface area contributed by atoms with Gasteiger partial charge in [0.15, 0.2) is 17.1 Å². The molecule has 0 bridgehead atoms. The Bertz CT molecular complexity index is 6980. The fraction of sp³-hybridized carbons (Fsp3) is 0.411. The highest BCUT2D eigenvalue weighted by Crippen LogP contribution is 2.53. The number of unbranched alkanes of at least 4 members (excludes halogenated alkanes) is 6. The molecule has 0 saturated carbocycles. The zero-order valence-corrected chi connectivity index (χ0v) is 88.4. The van der Waals surface area contributed by atoms with Crippen LogP contribution in [0.4, 0.5) is 34.1 Å². The smallest absolute Gasteiger partial charge is 0.333 e. The maximum Gasteiger partial charge on any atom is 0.333 e. The number of anilines is 3. The Kier molecular flexibility index (Phi) is 32.9. The summed E-state index contributed by atoms with van der Waals surface area (Å²) in [7, 11) is -9.73. The average molecular weight is 2040 g/mol. The normalized spacial score (nSPS) is 19.3. The lowest BCUT2D eigenvalue weighted by Crippen LogP contribution is -2.32. The molecule has 9 aliphatic heterocycles. The zero-order chi connectivity index (χ0) is 106. The van der Waals surface area contributed by atoms with E-state index in [4.69, 9.17) is 14.5 Å². The number of rotatable bonds is 34. The fourth-order valence-electron chi connectivity index (χ4n) is 20.8. The number of hydroxylamine groups is 6. The first kappa shape index (κ1) is 109. The minimum atomic E-state index is -4.64. The Hall–Kier alpha value is -13.1. The number of amides is 6. The van der Waals surface area contributed by atoms with Gasteiger partial charge in [-0.05, 0) is 209 Å². The van der Waals surface area contributed by atoms with Crippen molar-refractivity contribution >= 4 is 135 Å². The van der Waals surface area contributed by atoms with E-state index < -0.39 is 100.0 Å². The summed E-state index contributed by atoms with van der Waals surface area (Å²) in [5, 5.41) is 1.69. The van der Waals surface area contributed by atoms with E-state index in [0.29, 0.717) is 92.6 Å². The van der Waals surface area contributed by atoms with Crippen molar-refractivity contribution in [2.45, 2.75) is 274 Å². The molecule has 3 saturated heterocycles. The van der Waals surface area contributed by atoms with Crippen molar-refractivity contribution in [2.24, 2.45) is 0 Å². The summed E-state index contributed by atoms with van der Waals surface area (Å²) in [6.07, 6.45) is 36.5. The first-order chi connectivity index (χ1) is 68.1. The number of carbonyl (C=O) groups excluding carboxylic acids is 9. The summed E-state index contributed by atoms with van der Waals surface area (Å²) in [6.45, 7) is 36.5. The molecular formula is C112H131N9O21S3. The van der Waals surface area contributed by atoms with Crippen LogP contribution in [0.1, 0.15) is 256 Å². The molecule has 6 aromatic rings. The third-order valence-corrected chi connectivity index (χ3v) is 31.3. The van der Waals surface area contributed by atoms with Gasteiger partial charge >= 0.3 is 17.9 Å². The summed E-state index contributed by atoms with van der Waals surface area (Å²) in [5.41, 5.74) is 20.1.